The summed E-state index contributed by atoms with van der Waals surface area (Å²) >= 11 is 0. The number of rotatable bonds is 2. The number of ether oxygens (including phenoxy) is 1. The minimum atomic E-state index is -0.581. The van der Waals surface area contributed by atoms with Crippen LogP contribution in [0.3, 0.4) is 0 Å². The van der Waals surface area contributed by atoms with Crippen molar-refractivity contribution in [1.29, 1.82) is 0 Å². The van der Waals surface area contributed by atoms with Gasteiger partial charge in [-0.05, 0) is 37.2 Å². The van der Waals surface area contributed by atoms with Crippen LogP contribution in [-0.2, 0) is 0 Å². The van der Waals surface area contributed by atoms with Crippen molar-refractivity contribution < 1.29 is 4.74 Å². The Morgan fingerprint density at radius 1 is 0.731 bits per heavy atom. The van der Waals surface area contributed by atoms with Gasteiger partial charge in [-0.15, -0.1) is 0 Å². The van der Waals surface area contributed by atoms with Crippen LogP contribution in [0.2, 0.25) is 0 Å². The van der Waals surface area contributed by atoms with E-state index in [9.17, 15) is 0 Å². The Bertz CT molecular complexity index is 884. The number of fused-ring (bicyclic) bond motifs is 2. The van der Waals surface area contributed by atoms with Crippen molar-refractivity contribution in [2.24, 2.45) is 0 Å². The highest BCUT2D eigenvalue weighted by Gasteiger charge is 2.31. The van der Waals surface area contributed by atoms with Gasteiger partial charge in [-0.2, -0.15) is 0 Å². The zero-order chi connectivity index (χ0) is 18.7. The molecular weight excluding hydrogens is 335 g/mol. The molecule has 0 radical (unpaired) electrons. The quantitative estimate of drug-likeness (QED) is 0.397. The molecule has 0 fully saturated rings. The second kappa shape index (κ2) is 8.06. The van der Waals surface area contributed by atoms with E-state index in [0.717, 1.165) is 11.5 Å². The molecule has 1 heterocycles. The van der Waals surface area contributed by atoms with Gasteiger partial charge in [0.05, 0.1) is 0 Å². The first-order valence-electron chi connectivity index (χ1n) is 9.42. The summed E-state index contributed by atoms with van der Waals surface area (Å²) in [4.78, 5) is 0. The zero-order valence-electron chi connectivity index (χ0n) is 16.3. The molecule has 26 heavy (non-hydrogen) atoms. The largest absolute Gasteiger partial charge is 0.455 e. The van der Waals surface area contributed by atoms with Crippen molar-refractivity contribution in [2.45, 2.75) is 40.5 Å². The highest BCUT2D eigenvalue weighted by molar-refractivity contribution is 7.80. The third-order valence-corrected chi connectivity index (χ3v) is 7.02. The average Bonchev–Trinajstić information content (AvgIpc) is 2.68. The van der Waals surface area contributed by atoms with Crippen LogP contribution in [-0.4, -0.2) is 0 Å². The lowest BCUT2D eigenvalue weighted by molar-refractivity contribution is 0.475. The van der Waals surface area contributed by atoms with Gasteiger partial charge in [0.25, 0.3) is 0 Å². The molecule has 0 saturated carbocycles. The first kappa shape index (κ1) is 18.7. The number of hydrogen-bond acceptors (Lipinski definition) is 1. The van der Waals surface area contributed by atoms with E-state index in [2.05, 4.69) is 87.5 Å². The summed E-state index contributed by atoms with van der Waals surface area (Å²) in [6, 6.07) is 24.0. The van der Waals surface area contributed by atoms with Crippen LogP contribution in [0.25, 0.3) is 0 Å². The molecule has 1 aliphatic heterocycles. The number of benzene rings is 3. The molecule has 0 amide bonds. The van der Waals surface area contributed by atoms with Crippen LogP contribution < -0.4 is 20.7 Å². The highest BCUT2D eigenvalue weighted by Crippen LogP contribution is 2.47. The molecule has 0 spiro atoms. The fourth-order valence-electron chi connectivity index (χ4n) is 3.32. The first-order valence-corrected chi connectivity index (χ1v) is 10.8. The Morgan fingerprint density at radius 3 is 2.00 bits per heavy atom. The lowest BCUT2D eigenvalue weighted by Gasteiger charge is -2.31. The molecule has 0 saturated heterocycles. The maximum absolute atomic E-state index is 6.47. The third-order valence-electron chi connectivity index (χ3n) is 4.54. The van der Waals surface area contributed by atoms with Gasteiger partial charge in [-0.1, -0.05) is 94.4 Å². The topological polar surface area (TPSA) is 9.23 Å². The van der Waals surface area contributed by atoms with Crippen molar-refractivity contribution in [1.82, 2.24) is 0 Å². The van der Waals surface area contributed by atoms with Crippen LogP contribution in [0, 0.1) is 6.92 Å². The molecule has 134 valence electrons. The molecule has 3 aromatic rings. The maximum atomic E-state index is 6.47. The zero-order valence-corrected chi connectivity index (χ0v) is 17.2. The van der Waals surface area contributed by atoms with E-state index in [0.29, 0.717) is 5.92 Å². The van der Waals surface area contributed by atoms with Crippen molar-refractivity contribution in [2.75, 3.05) is 0 Å². The summed E-state index contributed by atoms with van der Waals surface area (Å²) in [5, 5.41) is 4.04. The first-order chi connectivity index (χ1) is 12.7. The smallest absolute Gasteiger partial charge is 0.139 e. The summed E-state index contributed by atoms with van der Waals surface area (Å²) in [7, 11) is -0.581. The molecule has 0 aromatic heterocycles. The molecule has 1 aliphatic rings. The van der Waals surface area contributed by atoms with Gasteiger partial charge in [0.1, 0.15) is 11.5 Å². The van der Waals surface area contributed by atoms with Crippen LogP contribution in [0.4, 0.5) is 0 Å². The van der Waals surface area contributed by atoms with Gasteiger partial charge in [0.2, 0.25) is 0 Å². The van der Waals surface area contributed by atoms with Crippen LogP contribution in [0.15, 0.2) is 66.7 Å². The Kier molecular flexibility index (Phi) is 5.79. The lowest BCUT2D eigenvalue weighted by atomic mass is 10.0. The highest BCUT2D eigenvalue weighted by atomic mass is 31.1. The predicted molar refractivity (Wildman–Crippen MR) is 115 cm³/mol. The molecule has 2 heteroatoms. The average molecular weight is 362 g/mol. The Labute approximate surface area is 158 Å². The Balaban J connectivity index is 0.000000948. The fourth-order valence-corrected chi connectivity index (χ4v) is 5.88. The molecule has 0 bridgehead atoms. The van der Waals surface area contributed by atoms with Crippen molar-refractivity contribution in [3.05, 3.63) is 77.9 Å². The normalized spacial score (nSPS) is 14.6. The van der Waals surface area contributed by atoms with Gasteiger partial charge in [0, 0.05) is 10.6 Å². The molecule has 4 rings (SSSR count). The van der Waals surface area contributed by atoms with E-state index in [1.165, 1.54) is 27.0 Å². The van der Waals surface area contributed by atoms with Gasteiger partial charge in [-0.3, -0.25) is 0 Å². The van der Waals surface area contributed by atoms with E-state index in [4.69, 9.17) is 4.74 Å². The summed E-state index contributed by atoms with van der Waals surface area (Å²) in [6.45, 7) is 10.6. The molecule has 0 N–H and O–H groups in total. The van der Waals surface area contributed by atoms with Gasteiger partial charge < -0.3 is 4.74 Å². The second-order valence-electron chi connectivity index (χ2n) is 6.55. The third kappa shape index (κ3) is 3.29. The number of hydrogen-bond donors (Lipinski definition) is 0. The number of aryl methyl sites for hydroxylation is 1. The van der Waals surface area contributed by atoms with Crippen molar-refractivity contribution >= 4 is 23.8 Å². The minimum absolute atomic E-state index is 0.443. The Hall–Kier alpha value is -2.11. The van der Waals surface area contributed by atoms with Crippen LogP contribution in [0.5, 0.6) is 11.5 Å². The van der Waals surface area contributed by atoms with Crippen LogP contribution in [0.1, 0.15) is 44.7 Å². The van der Waals surface area contributed by atoms with E-state index in [1.807, 2.05) is 13.8 Å². The Morgan fingerprint density at radius 2 is 1.35 bits per heavy atom. The predicted octanol–water partition coefficient (Wildman–Crippen LogP) is 6.01. The van der Waals surface area contributed by atoms with Gasteiger partial charge in [0.15, 0.2) is 0 Å². The van der Waals surface area contributed by atoms with E-state index >= 15 is 0 Å². The van der Waals surface area contributed by atoms with E-state index < -0.39 is 7.92 Å². The molecule has 0 aliphatic carbocycles. The standard InChI is InChI=1S/C22H21OP.C2H6/c1-15(2)18-12-8-14-20-22(18)23-21-16(3)9-7-13-19(21)24(20)17-10-5-4-6-11-17;1-2/h4-15H,1-3H3;1-2H3. The molecule has 1 atom stereocenters. The molecule has 3 aromatic carbocycles. The summed E-state index contributed by atoms with van der Waals surface area (Å²) in [6.07, 6.45) is 0. The monoisotopic (exact) mass is 362 g/mol. The lowest BCUT2D eigenvalue weighted by Crippen LogP contribution is -2.28. The molecule has 1 nitrogen and oxygen atoms in total. The second-order valence-corrected chi connectivity index (χ2v) is 8.70. The summed E-state index contributed by atoms with van der Waals surface area (Å²) in [5.74, 6) is 2.57. The van der Waals surface area contributed by atoms with Crippen LogP contribution >= 0.6 is 7.92 Å². The summed E-state index contributed by atoms with van der Waals surface area (Å²) in [5.41, 5.74) is 2.50. The minimum Gasteiger partial charge on any atom is -0.455 e. The van der Waals surface area contributed by atoms with E-state index in [-0.39, 0.29) is 0 Å². The fraction of sp³-hybridized carbons (Fsp3) is 0.250. The molecule has 1 unspecified atom stereocenters. The number of para-hydroxylation sites is 2. The van der Waals surface area contributed by atoms with Gasteiger partial charge in [-0.25, -0.2) is 0 Å². The summed E-state index contributed by atoms with van der Waals surface area (Å²) < 4.78 is 6.47. The van der Waals surface area contributed by atoms with Gasteiger partial charge >= 0.3 is 0 Å². The van der Waals surface area contributed by atoms with Crippen molar-refractivity contribution in [3.63, 3.8) is 0 Å². The SMILES string of the molecule is CC.Cc1cccc2c1Oc1c(C(C)C)cccc1P2c1ccccc1. The van der Waals surface area contributed by atoms with Crippen molar-refractivity contribution in [3.8, 4) is 11.5 Å². The molecular formula is C24H27OP. The van der Waals surface area contributed by atoms with E-state index in [1.54, 1.807) is 0 Å². The maximum Gasteiger partial charge on any atom is 0.139 e.